The van der Waals surface area contributed by atoms with Crippen molar-refractivity contribution < 1.29 is 19.4 Å². The largest absolute Gasteiger partial charge is 0.478 e. The Morgan fingerprint density at radius 3 is 2.43 bits per heavy atom. The van der Waals surface area contributed by atoms with Gasteiger partial charge in [-0.1, -0.05) is 12.1 Å². The van der Waals surface area contributed by atoms with E-state index in [1.807, 2.05) is 0 Å². The fourth-order valence-electron chi connectivity index (χ4n) is 2.54. The van der Waals surface area contributed by atoms with E-state index in [9.17, 15) is 9.59 Å². The number of methoxy groups -OCH3 is 1. The van der Waals surface area contributed by atoms with Crippen LogP contribution in [-0.2, 0) is 16.0 Å². The van der Waals surface area contributed by atoms with Crippen LogP contribution < -0.4 is 5.32 Å². The molecule has 1 saturated carbocycles. The summed E-state index contributed by atoms with van der Waals surface area (Å²) >= 11 is 0. The third kappa shape index (κ3) is 4.04. The van der Waals surface area contributed by atoms with Gasteiger partial charge in [0.05, 0.1) is 17.6 Å². The summed E-state index contributed by atoms with van der Waals surface area (Å²) in [6.45, 7) is 0.547. The molecule has 2 N–H and O–H groups in total. The minimum Gasteiger partial charge on any atom is -0.478 e. The first-order chi connectivity index (χ1) is 10.0. The van der Waals surface area contributed by atoms with Crippen LogP contribution in [0.4, 0.5) is 0 Å². The van der Waals surface area contributed by atoms with Crippen LogP contribution in [0.25, 0.3) is 0 Å². The highest BCUT2D eigenvalue weighted by molar-refractivity contribution is 5.87. The Bertz CT molecular complexity index is 500. The number of benzene rings is 1. The summed E-state index contributed by atoms with van der Waals surface area (Å²) in [5.41, 5.74) is 1.04. The predicted octanol–water partition coefficient (Wildman–Crippen LogP) is 2.00. The Hall–Kier alpha value is -1.88. The van der Waals surface area contributed by atoms with E-state index in [1.54, 1.807) is 31.4 Å². The summed E-state index contributed by atoms with van der Waals surface area (Å²) in [4.78, 5) is 22.6. The van der Waals surface area contributed by atoms with Crippen LogP contribution in [0.2, 0.25) is 0 Å². The summed E-state index contributed by atoms with van der Waals surface area (Å²) in [5, 5.41) is 11.7. The van der Waals surface area contributed by atoms with Crippen molar-refractivity contribution in [1.82, 2.24) is 5.32 Å². The molecule has 0 bridgehead atoms. The van der Waals surface area contributed by atoms with Gasteiger partial charge in [-0.05, 0) is 43.4 Å². The topological polar surface area (TPSA) is 75.6 Å². The number of carbonyl (C=O) groups excluding carboxylic acids is 1. The number of ether oxygens (including phenoxy) is 1. The molecule has 0 unspecified atom stereocenters. The lowest BCUT2D eigenvalue weighted by atomic mass is 9.77. The number of hydrogen-bond donors (Lipinski definition) is 2. The standard InChI is InChI=1S/C16H21NO4/c1-21-16(8-2-9-16)11-14(18)17-10-7-12-3-5-13(6-4-12)15(19)20/h3-6H,2,7-11H2,1H3,(H,17,18)(H,19,20). The molecule has 1 amide bonds. The normalized spacial score (nSPS) is 16.0. The van der Waals surface area contributed by atoms with Gasteiger partial charge in [0.15, 0.2) is 0 Å². The molecule has 114 valence electrons. The van der Waals surface area contributed by atoms with Gasteiger partial charge < -0.3 is 15.2 Å². The number of nitrogens with one attached hydrogen (secondary N) is 1. The molecule has 1 aromatic rings. The van der Waals surface area contributed by atoms with Gasteiger partial charge in [0, 0.05) is 13.7 Å². The predicted molar refractivity (Wildman–Crippen MR) is 78.3 cm³/mol. The maximum atomic E-state index is 11.9. The van der Waals surface area contributed by atoms with Crippen LogP contribution >= 0.6 is 0 Å². The van der Waals surface area contributed by atoms with Crippen LogP contribution in [0.15, 0.2) is 24.3 Å². The van der Waals surface area contributed by atoms with E-state index in [4.69, 9.17) is 9.84 Å². The molecule has 0 heterocycles. The number of rotatable bonds is 7. The van der Waals surface area contributed by atoms with Crippen molar-refractivity contribution in [2.24, 2.45) is 0 Å². The summed E-state index contributed by atoms with van der Waals surface area (Å²) in [5.74, 6) is -0.918. The minimum atomic E-state index is -0.930. The van der Waals surface area contributed by atoms with Crippen molar-refractivity contribution in [3.63, 3.8) is 0 Å². The Kier molecular flexibility index (Phi) is 4.96. The molecule has 0 atom stereocenters. The molecule has 1 aliphatic carbocycles. The lowest BCUT2D eigenvalue weighted by molar-refractivity contribution is -0.134. The number of aromatic carboxylic acids is 1. The maximum Gasteiger partial charge on any atom is 0.335 e. The zero-order chi connectivity index (χ0) is 15.3. The number of carboxylic acid groups (broad SMARTS) is 1. The molecule has 2 rings (SSSR count). The highest BCUT2D eigenvalue weighted by Crippen LogP contribution is 2.37. The van der Waals surface area contributed by atoms with Gasteiger partial charge in [0.2, 0.25) is 5.91 Å². The van der Waals surface area contributed by atoms with Crippen molar-refractivity contribution in [1.29, 1.82) is 0 Å². The Labute approximate surface area is 124 Å². The van der Waals surface area contributed by atoms with E-state index in [1.165, 1.54) is 0 Å². The lowest BCUT2D eigenvalue weighted by Gasteiger charge is -2.39. The average molecular weight is 291 g/mol. The lowest BCUT2D eigenvalue weighted by Crippen LogP contribution is -2.44. The zero-order valence-corrected chi connectivity index (χ0v) is 12.2. The summed E-state index contributed by atoms with van der Waals surface area (Å²) in [6.07, 6.45) is 4.13. The maximum absolute atomic E-state index is 11.9. The molecular formula is C16H21NO4. The summed E-state index contributed by atoms with van der Waals surface area (Å²) in [7, 11) is 1.66. The molecule has 21 heavy (non-hydrogen) atoms. The van der Waals surface area contributed by atoms with Gasteiger partial charge in [0.1, 0.15) is 0 Å². The molecule has 1 fully saturated rings. The molecular weight excluding hydrogens is 270 g/mol. The number of carbonyl (C=O) groups is 2. The molecule has 0 aromatic heterocycles. The van der Waals surface area contributed by atoms with Crippen molar-refractivity contribution in [2.75, 3.05) is 13.7 Å². The second-order valence-electron chi connectivity index (χ2n) is 5.52. The van der Waals surface area contributed by atoms with Crippen molar-refractivity contribution in [3.05, 3.63) is 35.4 Å². The van der Waals surface area contributed by atoms with E-state index < -0.39 is 5.97 Å². The van der Waals surface area contributed by atoms with Crippen molar-refractivity contribution >= 4 is 11.9 Å². The Balaban J connectivity index is 1.73. The second-order valence-corrected chi connectivity index (χ2v) is 5.52. The third-order valence-electron chi connectivity index (χ3n) is 4.12. The van der Waals surface area contributed by atoms with Gasteiger partial charge in [-0.15, -0.1) is 0 Å². The number of carboxylic acids is 1. The van der Waals surface area contributed by atoms with E-state index in [2.05, 4.69) is 5.32 Å². The first-order valence-electron chi connectivity index (χ1n) is 7.19. The summed E-state index contributed by atoms with van der Waals surface area (Å²) in [6, 6.07) is 6.71. The second kappa shape index (κ2) is 6.72. The molecule has 0 aliphatic heterocycles. The molecule has 1 aliphatic rings. The highest BCUT2D eigenvalue weighted by atomic mass is 16.5. The quantitative estimate of drug-likeness (QED) is 0.805. The summed E-state index contributed by atoms with van der Waals surface area (Å²) < 4.78 is 5.43. The van der Waals surface area contributed by atoms with Crippen LogP contribution in [0, 0.1) is 0 Å². The fraction of sp³-hybridized carbons (Fsp3) is 0.500. The van der Waals surface area contributed by atoms with Crippen LogP contribution in [0.1, 0.15) is 41.6 Å². The molecule has 0 spiro atoms. The van der Waals surface area contributed by atoms with Gasteiger partial charge in [-0.3, -0.25) is 4.79 Å². The van der Waals surface area contributed by atoms with Crippen LogP contribution in [-0.4, -0.2) is 36.2 Å². The Morgan fingerprint density at radius 1 is 1.29 bits per heavy atom. The molecule has 5 heteroatoms. The molecule has 5 nitrogen and oxygen atoms in total. The first kappa shape index (κ1) is 15.5. The van der Waals surface area contributed by atoms with Gasteiger partial charge in [-0.2, -0.15) is 0 Å². The third-order valence-corrected chi connectivity index (χ3v) is 4.12. The Morgan fingerprint density at radius 2 is 1.95 bits per heavy atom. The van der Waals surface area contributed by atoms with E-state index in [0.717, 1.165) is 24.8 Å². The van der Waals surface area contributed by atoms with Gasteiger partial charge >= 0.3 is 5.97 Å². The van der Waals surface area contributed by atoms with E-state index in [-0.39, 0.29) is 17.1 Å². The van der Waals surface area contributed by atoms with Crippen LogP contribution in [0.5, 0.6) is 0 Å². The molecule has 1 aromatic carbocycles. The monoisotopic (exact) mass is 291 g/mol. The van der Waals surface area contributed by atoms with Crippen molar-refractivity contribution in [2.45, 2.75) is 37.7 Å². The number of hydrogen-bond acceptors (Lipinski definition) is 3. The minimum absolute atomic E-state index is 0.0127. The van der Waals surface area contributed by atoms with Crippen molar-refractivity contribution in [3.8, 4) is 0 Å². The SMILES string of the molecule is COC1(CC(=O)NCCc2ccc(C(=O)O)cc2)CCC1. The highest BCUT2D eigenvalue weighted by Gasteiger charge is 2.38. The van der Waals surface area contributed by atoms with Crippen LogP contribution in [0.3, 0.4) is 0 Å². The molecule has 0 saturated heterocycles. The zero-order valence-electron chi connectivity index (χ0n) is 12.2. The molecule has 0 radical (unpaired) electrons. The fourth-order valence-corrected chi connectivity index (χ4v) is 2.54. The van der Waals surface area contributed by atoms with Gasteiger partial charge in [-0.25, -0.2) is 4.79 Å². The van der Waals surface area contributed by atoms with E-state index in [0.29, 0.717) is 19.4 Å². The van der Waals surface area contributed by atoms with E-state index >= 15 is 0 Å². The van der Waals surface area contributed by atoms with Gasteiger partial charge in [0.25, 0.3) is 0 Å². The smallest absolute Gasteiger partial charge is 0.335 e. The number of amides is 1. The average Bonchev–Trinajstić information content (AvgIpc) is 2.43. The first-order valence-corrected chi connectivity index (χ1v) is 7.19.